The second-order valence-electron chi connectivity index (χ2n) is 1.75. The molecule has 64 valence electrons. The van der Waals surface area contributed by atoms with Crippen LogP contribution >= 0.6 is 0 Å². The molecule has 0 aliphatic rings. The van der Waals surface area contributed by atoms with Crippen molar-refractivity contribution >= 4 is 5.97 Å². The number of esters is 1. The van der Waals surface area contributed by atoms with Gasteiger partial charge in [-0.25, -0.2) is 4.79 Å². The second-order valence-corrected chi connectivity index (χ2v) is 1.75. The number of hydrogen-bond acceptors (Lipinski definition) is 5. The summed E-state index contributed by atoms with van der Waals surface area (Å²) in [6.07, 6.45) is -0.886. The zero-order valence-corrected chi connectivity index (χ0v) is 6.27. The van der Waals surface area contributed by atoms with Crippen molar-refractivity contribution in [1.82, 2.24) is 0 Å². The molecule has 0 rings (SSSR count). The van der Waals surface area contributed by atoms with Gasteiger partial charge in [-0.2, -0.15) is 0 Å². The number of hydrogen-bond donors (Lipinski definition) is 0. The van der Waals surface area contributed by atoms with Gasteiger partial charge in [0.15, 0.2) is 0 Å². The molecule has 0 aliphatic carbocycles. The van der Waals surface area contributed by atoms with E-state index in [9.17, 15) is 14.9 Å². The first kappa shape index (κ1) is 9.67. The predicted molar refractivity (Wildman–Crippen MR) is 34.2 cm³/mol. The summed E-state index contributed by atoms with van der Waals surface area (Å²) in [6.45, 7) is 1.59. The van der Waals surface area contributed by atoms with Crippen LogP contribution in [0, 0.1) is 10.1 Å². The third-order valence-corrected chi connectivity index (χ3v) is 1.05. The lowest BCUT2D eigenvalue weighted by molar-refractivity contribution is -0.765. The van der Waals surface area contributed by atoms with E-state index in [-0.39, 0.29) is 6.42 Å². The van der Waals surface area contributed by atoms with Crippen LogP contribution in [0.1, 0.15) is 13.3 Å². The lowest BCUT2D eigenvalue weighted by Crippen LogP contribution is -2.27. The molecule has 0 saturated carbocycles. The molecule has 0 aromatic rings. The summed E-state index contributed by atoms with van der Waals surface area (Å²) in [7, 11) is 1.15. The molecule has 0 saturated heterocycles. The maximum atomic E-state index is 10.6. The van der Waals surface area contributed by atoms with Crippen molar-refractivity contribution < 1.29 is 19.5 Å². The minimum absolute atomic E-state index is 0.216. The van der Waals surface area contributed by atoms with Gasteiger partial charge in [0.1, 0.15) is 0 Å². The molecule has 1 unspecified atom stereocenters. The minimum Gasteiger partial charge on any atom is -0.467 e. The van der Waals surface area contributed by atoms with Gasteiger partial charge in [0.25, 0.3) is 5.09 Å². The number of rotatable bonds is 4. The van der Waals surface area contributed by atoms with Crippen molar-refractivity contribution in [1.29, 1.82) is 0 Å². The fourth-order valence-electron chi connectivity index (χ4n) is 0.520. The Morgan fingerprint density at radius 3 is 2.55 bits per heavy atom. The molecule has 0 aromatic carbocycles. The van der Waals surface area contributed by atoms with Crippen molar-refractivity contribution in [3.8, 4) is 0 Å². The highest BCUT2D eigenvalue weighted by molar-refractivity contribution is 5.74. The largest absolute Gasteiger partial charge is 0.467 e. The van der Waals surface area contributed by atoms with Crippen LogP contribution in [0.3, 0.4) is 0 Å². The van der Waals surface area contributed by atoms with Crippen molar-refractivity contribution in [2.75, 3.05) is 7.11 Å². The van der Waals surface area contributed by atoms with Crippen LogP contribution in [-0.4, -0.2) is 24.3 Å². The van der Waals surface area contributed by atoms with E-state index in [2.05, 4.69) is 9.57 Å². The average molecular weight is 163 g/mol. The van der Waals surface area contributed by atoms with E-state index in [1.165, 1.54) is 0 Å². The van der Waals surface area contributed by atoms with E-state index in [0.29, 0.717) is 0 Å². The van der Waals surface area contributed by atoms with Gasteiger partial charge in [-0.05, 0) is 6.42 Å². The normalized spacial score (nSPS) is 11.8. The Balaban J connectivity index is 3.94. The van der Waals surface area contributed by atoms with E-state index < -0.39 is 17.2 Å². The number of nitrogens with zero attached hydrogens (tertiary/aromatic N) is 1. The van der Waals surface area contributed by atoms with E-state index in [4.69, 9.17) is 0 Å². The molecule has 6 nitrogen and oxygen atoms in total. The summed E-state index contributed by atoms with van der Waals surface area (Å²) in [5.41, 5.74) is 0. The first-order chi connectivity index (χ1) is 5.11. The average Bonchev–Trinajstić information content (AvgIpc) is 1.98. The number of methoxy groups -OCH3 is 1. The molecule has 6 heteroatoms. The van der Waals surface area contributed by atoms with Gasteiger partial charge in [-0.3, -0.25) is 4.84 Å². The summed E-state index contributed by atoms with van der Waals surface area (Å²) in [5.74, 6) is -0.732. The highest BCUT2D eigenvalue weighted by Crippen LogP contribution is 1.99. The van der Waals surface area contributed by atoms with Gasteiger partial charge in [0.2, 0.25) is 6.10 Å². The van der Waals surface area contributed by atoms with Crippen LogP contribution in [0.2, 0.25) is 0 Å². The first-order valence-corrected chi connectivity index (χ1v) is 3.00. The predicted octanol–water partition coefficient (Wildman–Crippen LogP) is 0.146. The summed E-state index contributed by atoms with van der Waals surface area (Å²) in [4.78, 5) is 24.4. The molecular formula is C5H9NO5. The maximum absolute atomic E-state index is 10.6. The van der Waals surface area contributed by atoms with E-state index in [0.717, 1.165) is 7.11 Å². The molecular weight excluding hydrogens is 154 g/mol. The van der Waals surface area contributed by atoms with Crippen LogP contribution < -0.4 is 0 Å². The Kier molecular flexibility index (Phi) is 3.94. The number of carbonyl (C=O) groups is 1. The molecule has 0 heterocycles. The van der Waals surface area contributed by atoms with Crippen molar-refractivity contribution in [2.24, 2.45) is 0 Å². The van der Waals surface area contributed by atoms with Crippen molar-refractivity contribution in [3.05, 3.63) is 10.1 Å². The van der Waals surface area contributed by atoms with Crippen LogP contribution in [0.5, 0.6) is 0 Å². The van der Waals surface area contributed by atoms with Gasteiger partial charge < -0.3 is 4.74 Å². The van der Waals surface area contributed by atoms with Crippen LogP contribution in [0.15, 0.2) is 0 Å². The smallest absolute Gasteiger partial charge is 0.334 e. The lowest BCUT2D eigenvalue weighted by atomic mass is 10.3. The van der Waals surface area contributed by atoms with Gasteiger partial charge in [0.05, 0.1) is 7.11 Å². The van der Waals surface area contributed by atoms with Crippen molar-refractivity contribution in [3.63, 3.8) is 0 Å². The van der Waals surface area contributed by atoms with E-state index >= 15 is 0 Å². The lowest BCUT2D eigenvalue weighted by Gasteiger charge is -2.08. The fraction of sp³-hybridized carbons (Fsp3) is 0.800. The summed E-state index contributed by atoms with van der Waals surface area (Å²) >= 11 is 0. The minimum atomic E-state index is -1.10. The molecule has 0 radical (unpaired) electrons. The third kappa shape index (κ3) is 3.39. The molecule has 1 atom stereocenters. The fourth-order valence-corrected chi connectivity index (χ4v) is 0.520. The van der Waals surface area contributed by atoms with E-state index in [1.807, 2.05) is 0 Å². The standard InChI is InChI=1S/C5H9NO5/c1-3-4(5(7)10-2)11-6(8)9/h4H,3H2,1-2H3. The molecule has 0 aromatic heterocycles. The highest BCUT2D eigenvalue weighted by Gasteiger charge is 2.20. The van der Waals surface area contributed by atoms with Gasteiger partial charge in [0, 0.05) is 0 Å². The van der Waals surface area contributed by atoms with Crippen LogP contribution in [0.4, 0.5) is 0 Å². The monoisotopic (exact) mass is 163 g/mol. The Morgan fingerprint density at radius 1 is 1.73 bits per heavy atom. The summed E-state index contributed by atoms with van der Waals surface area (Å²) in [6, 6.07) is 0. The first-order valence-electron chi connectivity index (χ1n) is 3.00. The molecule has 0 N–H and O–H groups in total. The number of ether oxygens (including phenoxy) is 1. The zero-order chi connectivity index (χ0) is 8.85. The Morgan fingerprint density at radius 2 is 2.27 bits per heavy atom. The molecule has 0 spiro atoms. The quantitative estimate of drug-likeness (QED) is 0.334. The third-order valence-electron chi connectivity index (χ3n) is 1.05. The topological polar surface area (TPSA) is 78.7 Å². The van der Waals surface area contributed by atoms with Gasteiger partial charge in [-0.1, -0.05) is 6.92 Å². The van der Waals surface area contributed by atoms with E-state index in [1.54, 1.807) is 6.92 Å². The van der Waals surface area contributed by atoms with Crippen LogP contribution in [0.25, 0.3) is 0 Å². The molecule has 0 fully saturated rings. The Labute approximate surface area is 63.2 Å². The van der Waals surface area contributed by atoms with Gasteiger partial charge >= 0.3 is 5.97 Å². The molecule has 0 amide bonds. The number of carbonyl (C=O) groups excluding carboxylic acids is 1. The maximum Gasteiger partial charge on any atom is 0.334 e. The molecule has 0 bridgehead atoms. The molecule has 0 aliphatic heterocycles. The van der Waals surface area contributed by atoms with Crippen LogP contribution in [-0.2, 0) is 14.4 Å². The Bertz CT molecular complexity index is 157. The Hall–Kier alpha value is -1.33. The zero-order valence-electron chi connectivity index (χ0n) is 6.27. The summed E-state index contributed by atoms with van der Waals surface area (Å²) < 4.78 is 4.24. The van der Waals surface area contributed by atoms with Gasteiger partial charge in [-0.15, -0.1) is 10.1 Å². The highest BCUT2D eigenvalue weighted by atomic mass is 17.0. The second kappa shape index (κ2) is 4.48. The SMILES string of the molecule is CCC(O[N+](=O)[O-])C(=O)OC. The van der Waals surface area contributed by atoms with Crippen molar-refractivity contribution in [2.45, 2.75) is 19.4 Å². The summed E-state index contributed by atoms with van der Waals surface area (Å²) in [5, 5.41) is 8.76. The molecule has 11 heavy (non-hydrogen) atoms.